The fourth-order valence-corrected chi connectivity index (χ4v) is 3.10. The van der Waals surface area contributed by atoms with Gasteiger partial charge in [-0.2, -0.15) is 0 Å². The minimum Gasteiger partial charge on any atom is -0.395 e. The van der Waals surface area contributed by atoms with Crippen molar-refractivity contribution < 1.29 is 24.2 Å². The molecule has 1 aliphatic rings. The molecule has 0 spiro atoms. The van der Waals surface area contributed by atoms with Gasteiger partial charge in [0.2, 0.25) is 11.8 Å². The van der Waals surface area contributed by atoms with E-state index in [-0.39, 0.29) is 19.0 Å². The lowest BCUT2D eigenvalue weighted by Crippen LogP contribution is -2.56. The van der Waals surface area contributed by atoms with Gasteiger partial charge in [0.25, 0.3) is 0 Å². The first kappa shape index (κ1) is 19.3. The number of amides is 2. The lowest BCUT2D eigenvalue weighted by molar-refractivity contribution is -0.138. The molecule has 0 radical (unpaired) electrons. The number of carbonyl (C=O) groups is 2. The number of halogens is 1. The maximum absolute atomic E-state index is 13.0. The zero-order valence-electron chi connectivity index (χ0n) is 14.4. The summed E-state index contributed by atoms with van der Waals surface area (Å²) in [5, 5.41) is 22.8. The van der Waals surface area contributed by atoms with Gasteiger partial charge in [-0.05, 0) is 30.5 Å². The van der Waals surface area contributed by atoms with Gasteiger partial charge in [-0.3, -0.25) is 9.59 Å². The number of nitrogens with zero attached hydrogens (tertiary/aromatic N) is 1. The fourth-order valence-electron chi connectivity index (χ4n) is 3.10. The number of carbonyl (C=O) groups excluding carboxylic acids is 2. The molecule has 25 heavy (non-hydrogen) atoms. The number of piperidine rings is 1. The van der Waals surface area contributed by atoms with Crippen molar-refractivity contribution in [3.63, 3.8) is 0 Å². The number of nitrogens with one attached hydrogen (secondary N) is 1. The quantitative estimate of drug-likeness (QED) is 0.706. The molecule has 138 valence electrons. The lowest BCUT2D eigenvalue weighted by atomic mass is 9.92. The van der Waals surface area contributed by atoms with E-state index in [2.05, 4.69) is 5.32 Å². The summed E-state index contributed by atoms with van der Waals surface area (Å²) in [6.07, 6.45) is 1.53. The minimum absolute atomic E-state index is 0.00295. The Labute approximate surface area is 146 Å². The van der Waals surface area contributed by atoms with E-state index in [4.69, 9.17) is 0 Å². The molecule has 7 heteroatoms. The highest BCUT2D eigenvalue weighted by Gasteiger charge is 2.35. The Morgan fingerprint density at radius 2 is 2.04 bits per heavy atom. The normalized spacial score (nSPS) is 21.7. The van der Waals surface area contributed by atoms with Gasteiger partial charge in [-0.1, -0.05) is 19.1 Å². The number of hydrogen-bond donors (Lipinski definition) is 3. The molecule has 1 aliphatic heterocycles. The molecule has 3 N–H and O–H groups in total. The summed E-state index contributed by atoms with van der Waals surface area (Å²) in [6.45, 7) is 2.14. The van der Waals surface area contributed by atoms with Gasteiger partial charge in [0.15, 0.2) is 0 Å². The van der Waals surface area contributed by atoms with Crippen LogP contribution in [-0.4, -0.2) is 58.8 Å². The molecule has 0 saturated carbocycles. The summed E-state index contributed by atoms with van der Waals surface area (Å²) >= 11 is 0. The molecule has 2 unspecified atom stereocenters. The highest BCUT2D eigenvalue weighted by molar-refractivity contribution is 5.83. The minimum atomic E-state index is -1.18. The van der Waals surface area contributed by atoms with Crippen LogP contribution in [0.4, 0.5) is 4.39 Å². The SMILES string of the molecule is CCC(=O)N1CCCC(O)(CNC(=O)C(CO)c2ccc(F)cc2)C1. The summed E-state index contributed by atoms with van der Waals surface area (Å²) in [4.78, 5) is 25.8. The fraction of sp³-hybridized carbons (Fsp3) is 0.556. The monoisotopic (exact) mass is 352 g/mol. The average Bonchev–Trinajstić information content (AvgIpc) is 2.61. The molecule has 1 aromatic carbocycles. The van der Waals surface area contributed by atoms with Crippen molar-refractivity contribution in [3.8, 4) is 0 Å². The van der Waals surface area contributed by atoms with Gasteiger partial charge in [-0.15, -0.1) is 0 Å². The molecule has 0 aliphatic carbocycles. The smallest absolute Gasteiger partial charge is 0.229 e. The van der Waals surface area contributed by atoms with E-state index in [1.165, 1.54) is 24.3 Å². The lowest BCUT2D eigenvalue weighted by Gasteiger charge is -2.39. The predicted molar refractivity (Wildman–Crippen MR) is 90.3 cm³/mol. The topological polar surface area (TPSA) is 89.9 Å². The Morgan fingerprint density at radius 3 is 2.64 bits per heavy atom. The molecular weight excluding hydrogens is 327 g/mol. The highest BCUT2D eigenvalue weighted by Crippen LogP contribution is 2.22. The molecule has 1 fully saturated rings. The Kier molecular flexibility index (Phi) is 6.50. The molecule has 2 amide bonds. The summed E-state index contributed by atoms with van der Waals surface area (Å²) in [5.41, 5.74) is -0.679. The molecular formula is C18H25FN2O4. The second kappa shape index (κ2) is 8.40. The average molecular weight is 352 g/mol. The van der Waals surface area contributed by atoms with Crippen LogP contribution >= 0.6 is 0 Å². The standard InChI is InChI=1S/C18H25FN2O4/c1-2-16(23)21-9-3-8-18(25,12-21)11-20-17(24)15(10-22)13-4-6-14(19)7-5-13/h4-7,15,22,25H,2-3,8-12H2,1H3,(H,20,24). The zero-order valence-corrected chi connectivity index (χ0v) is 14.4. The van der Waals surface area contributed by atoms with Gasteiger partial charge in [0.1, 0.15) is 5.82 Å². The first-order valence-electron chi connectivity index (χ1n) is 8.52. The van der Waals surface area contributed by atoms with Crippen LogP contribution in [0.1, 0.15) is 37.7 Å². The summed E-state index contributed by atoms with van der Waals surface area (Å²) in [7, 11) is 0. The van der Waals surface area contributed by atoms with Crippen molar-refractivity contribution in [2.24, 2.45) is 0 Å². The van der Waals surface area contributed by atoms with E-state index in [1.54, 1.807) is 11.8 Å². The predicted octanol–water partition coefficient (Wildman–Crippen LogP) is 0.781. The molecule has 2 rings (SSSR count). The van der Waals surface area contributed by atoms with E-state index in [9.17, 15) is 24.2 Å². The van der Waals surface area contributed by atoms with Gasteiger partial charge >= 0.3 is 0 Å². The van der Waals surface area contributed by atoms with E-state index < -0.39 is 29.9 Å². The first-order chi connectivity index (χ1) is 11.9. The molecule has 1 heterocycles. The van der Waals surface area contributed by atoms with Crippen molar-refractivity contribution in [1.29, 1.82) is 0 Å². The van der Waals surface area contributed by atoms with E-state index in [0.717, 1.165) is 0 Å². The van der Waals surface area contributed by atoms with E-state index >= 15 is 0 Å². The number of rotatable bonds is 6. The summed E-state index contributed by atoms with van der Waals surface area (Å²) in [5.74, 6) is -1.72. The summed E-state index contributed by atoms with van der Waals surface area (Å²) < 4.78 is 13.0. The van der Waals surface area contributed by atoms with Crippen LogP contribution in [0, 0.1) is 5.82 Å². The van der Waals surface area contributed by atoms with Crippen LogP contribution in [-0.2, 0) is 9.59 Å². The molecule has 2 atom stereocenters. The second-order valence-corrected chi connectivity index (χ2v) is 6.50. The van der Waals surface area contributed by atoms with Crippen molar-refractivity contribution in [1.82, 2.24) is 10.2 Å². The molecule has 1 aromatic rings. The first-order valence-corrected chi connectivity index (χ1v) is 8.52. The van der Waals surface area contributed by atoms with Crippen LogP contribution in [0.3, 0.4) is 0 Å². The Hall–Kier alpha value is -1.99. The largest absolute Gasteiger partial charge is 0.395 e. The zero-order chi connectivity index (χ0) is 18.4. The van der Waals surface area contributed by atoms with Crippen molar-refractivity contribution >= 4 is 11.8 Å². The van der Waals surface area contributed by atoms with Gasteiger partial charge in [-0.25, -0.2) is 4.39 Å². The Bertz CT molecular complexity index is 608. The third-order valence-corrected chi connectivity index (χ3v) is 4.57. The molecule has 6 nitrogen and oxygen atoms in total. The van der Waals surface area contributed by atoms with Crippen LogP contribution in [0.5, 0.6) is 0 Å². The molecule has 0 aromatic heterocycles. The number of likely N-dealkylation sites (tertiary alicyclic amines) is 1. The van der Waals surface area contributed by atoms with Gasteiger partial charge < -0.3 is 20.4 Å². The Balaban J connectivity index is 1.97. The highest BCUT2D eigenvalue weighted by atomic mass is 19.1. The molecule has 1 saturated heterocycles. The van der Waals surface area contributed by atoms with Crippen LogP contribution in [0.2, 0.25) is 0 Å². The van der Waals surface area contributed by atoms with Gasteiger partial charge in [0.05, 0.1) is 24.7 Å². The number of aliphatic hydroxyl groups excluding tert-OH is 1. The molecule has 0 bridgehead atoms. The van der Waals surface area contributed by atoms with Crippen LogP contribution in [0.25, 0.3) is 0 Å². The van der Waals surface area contributed by atoms with Crippen molar-refractivity contribution in [3.05, 3.63) is 35.6 Å². The summed E-state index contributed by atoms with van der Waals surface area (Å²) in [6, 6.07) is 5.36. The number of aliphatic hydroxyl groups is 2. The van der Waals surface area contributed by atoms with Crippen molar-refractivity contribution in [2.45, 2.75) is 37.7 Å². The van der Waals surface area contributed by atoms with Crippen LogP contribution < -0.4 is 5.32 Å². The number of hydrogen-bond acceptors (Lipinski definition) is 4. The van der Waals surface area contributed by atoms with E-state index in [1.807, 2.05) is 0 Å². The van der Waals surface area contributed by atoms with E-state index in [0.29, 0.717) is 31.4 Å². The van der Waals surface area contributed by atoms with Gasteiger partial charge in [0, 0.05) is 19.5 Å². The second-order valence-electron chi connectivity index (χ2n) is 6.50. The maximum Gasteiger partial charge on any atom is 0.229 e. The third-order valence-electron chi connectivity index (χ3n) is 4.57. The number of benzene rings is 1. The maximum atomic E-state index is 13.0. The van der Waals surface area contributed by atoms with Crippen molar-refractivity contribution in [2.75, 3.05) is 26.2 Å². The van der Waals surface area contributed by atoms with Crippen LogP contribution in [0.15, 0.2) is 24.3 Å². The Morgan fingerprint density at radius 1 is 1.36 bits per heavy atom. The third kappa shape index (κ3) is 4.99. The number of β-amino-alcohol motifs (C(OH)–C–C–N with tert-alkyl or cyclic N) is 1.